The predicted molar refractivity (Wildman–Crippen MR) is 59.5 cm³/mol. The van der Waals surface area contributed by atoms with Gasteiger partial charge in [0.25, 0.3) is 0 Å². The summed E-state index contributed by atoms with van der Waals surface area (Å²) in [6, 6.07) is 3.54. The minimum atomic E-state index is 0.585. The number of benzene rings is 1. The number of nitrogens with two attached hydrogens (primary N) is 1. The van der Waals surface area contributed by atoms with Crippen LogP contribution in [0.15, 0.2) is 12.1 Å². The summed E-state index contributed by atoms with van der Waals surface area (Å²) in [6.45, 7) is 2.13. The van der Waals surface area contributed by atoms with Crippen molar-refractivity contribution in [2.75, 3.05) is 5.73 Å². The molecule has 0 saturated carbocycles. The lowest BCUT2D eigenvalue weighted by atomic mass is 10.1. The molecule has 0 atom stereocenters. The van der Waals surface area contributed by atoms with Gasteiger partial charge in [-0.3, -0.25) is 0 Å². The molecule has 2 N–H and O–H groups in total. The summed E-state index contributed by atoms with van der Waals surface area (Å²) < 4.78 is 0. The summed E-state index contributed by atoms with van der Waals surface area (Å²) in [6.07, 6.45) is 3.12. The van der Waals surface area contributed by atoms with Crippen LogP contribution >= 0.6 is 23.2 Å². The minimum absolute atomic E-state index is 0.585. The zero-order chi connectivity index (χ0) is 9.84. The van der Waals surface area contributed by atoms with Crippen molar-refractivity contribution >= 4 is 28.9 Å². The molecule has 0 unspecified atom stereocenters. The summed E-state index contributed by atoms with van der Waals surface area (Å²) in [5, 5.41) is 1.19. The molecule has 0 aliphatic carbocycles. The fraction of sp³-hybridized carbons (Fsp3) is 0.400. The van der Waals surface area contributed by atoms with Crippen molar-refractivity contribution in [2.45, 2.75) is 26.2 Å². The number of nitrogen functional groups attached to an aromatic ring is 1. The predicted octanol–water partition coefficient (Wildman–Crippen LogP) is 3.92. The van der Waals surface area contributed by atoms with E-state index < -0.39 is 0 Å². The van der Waals surface area contributed by atoms with Crippen LogP contribution in [0.2, 0.25) is 10.0 Å². The highest BCUT2D eigenvalue weighted by Gasteiger charge is 2.07. The van der Waals surface area contributed by atoms with Crippen molar-refractivity contribution in [3.8, 4) is 0 Å². The second kappa shape index (κ2) is 4.73. The summed E-state index contributed by atoms with van der Waals surface area (Å²) >= 11 is 11.9. The van der Waals surface area contributed by atoms with Gasteiger partial charge in [0.1, 0.15) is 0 Å². The van der Waals surface area contributed by atoms with E-state index in [1.165, 1.54) is 0 Å². The van der Waals surface area contributed by atoms with Crippen molar-refractivity contribution in [2.24, 2.45) is 0 Å². The van der Waals surface area contributed by atoms with E-state index in [1.54, 1.807) is 12.1 Å². The molecule has 0 bridgehead atoms. The first-order chi connectivity index (χ1) is 6.16. The van der Waals surface area contributed by atoms with E-state index >= 15 is 0 Å². The summed E-state index contributed by atoms with van der Waals surface area (Å²) in [4.78, 5) is 0. The van der Waals surface area contributed by atoms with Gasteiger partial charge in [0.05, 0.1) is 10.0 Å². The molecule has 3 heteroatoms. The Labute approximate surface area is 88.8 Å². The SMILES string of the molecule is CCCCc1c(N)ccc(Cl)c1Cl. The van der Waals surface area contributed by atoms with Crippen molar-refractivity contribution in [1.29, 1.82) is 0 Å². The third kappa shape index (κ3) is 2.52. The summed E-state index contributed by atoms with van der Waals surface area (Å²) in [7, 11) is 0. The van der Waals surface area contributed by atoms with Crippen LogP contribution in [0.4, 0.5) is 5.69 Å². The minimum Gasteiger partial charge on any atom is -0.398 e. The molecule has 0 heterocycles. The molecule has 13 heavy (non-hydrogen) atoms. The van der Waals surface area contributed by atoms with Crippen molar-refractivity contribution in [3.63, 3.8) is 0 Å². The zero-order valence-electron chi connectivity index (χ0n) is 7.61. The lowest BCUT2D eigenvalue weighted by Crippen LogP contribution is -1.95. The van der Waals surface area contributed by atoms with Crippen LogP contribution in [0, 0.1) is 0 Å². The van der Waals surface area contributed by atoms with Gasteiger partial charge >= 0.3 is 0 Å². The molecule has 1 aromatic carbocycles. The third-order valence-corrected chi connectivity index (χ3v) is 2.86. The van der Waals surface area contributed by atoms with Crippen LogP contribution in [0.25, 0.3) is 0 Å². The molecule has 0 aromatic heterocycles. The summed E-state index contributed by atoms with van der Waals surface area (Å²) in [5.41, 5.74) is 7.51. The van der Waals surface area contributed by atoms with Gasteiger partial charge in [0, 0.05) is 5.69 Å². The van der Waals surface area contributed by atoms with Gasteiger partial charge in [-0.25, -0.2) is 0 Å². The van der Waals surface area contributed by atoms with Gasteiger partial charge in [-0.15, -0.1) is 0 Å². The lowest BCUT2D eigenvalue weighted by Gasteiger charge is -2.08. The fourth-order valence-corrected chi connectivity index (χ4v) is 1.66. The number of rotatable bonds is 3. The largest absolute Gasteiger partial charge is 0.398 e. The molecule has 1 nitrogen and oxygen atoms in total. The lowest BCUT2D eigenvalue weighted by molar-refractivity contribution is 0.796. The molecule has 0 spiro atoms. The number of anilines is 1. The Hall–Kier alpha value is -0.400. The van der Waals surface area contributed by atoms with E-state index in [2.05, 4.69) is 6.92 Å². The maximum absolute atomic E-state index is 6.02. The Balaban J connectivity index is 2.96. The fourth-order valence-electron chi connectivity index (χ4n) is 1.22. The maximum Gasteiger partial charge on any atom is 0.0644 e. The first-order valence-electron chi connectivity index (χ1n) is 4.39. The highest BCUT2D eigenvalue weighted by atomic mass is 35.5. The number of halogens is 2. The first kappa shape index (κ1) is 10.7. The van der Waals surface area contributed by atoms with Gasteiger partial charge in [0.2, 0.25) is 0 Å². The smallest absolute Gasteiger partial charge is 0.0644 e. The van der Waals surface area contributed by atoms with Gasteiger partial charge in [-0.05, 0) is 30.5 Å². The molecule has 0 fully saturated rings. The number of unbranched alkanes of at least 4 members (excludes halogenated alkanes) is 1. The van der Waals surface area contributed by atoms with E-state index in [0.29, 0.717) is 10.0 Å². The van der Waals surface area contributed by atoms with E-state index in [0.717, 1.165) is 30.5 Å². The van der Waals surface area contributed by atoms with E-state index in [4.69, 9.17) is 28.9 Å². The van der Waals surface area contributed by atoms with Crippen LogP contribution in [-0.2, 0) is 6.42 Å². The maximum atomic E-state index is 6.02. The van der Waals surface area contributed by atoms with E-state index in [9.17, 15) is 0 Å². The van der Waals surface area contributed by atoms with E-state index in [-0.39, 0.29) is 0 Å². The van der Waals surface area contributed by atoms with Crippen LogP contribution in [0.5, 0.6) is 0 Å². The van der Waals surface area contributed by atoms with Crippen LogP contribution in [0.3, 0.4) is 0 Å². The van der Waals surface area contributed by atoms with Crippen LogP contribution in [0.1, 0.15) is 25.3 Å². The highest BCUT2D eigenvalue weighted by molar-refractivity contribution is 6.42. The average Bonchev–Trinajstić information content (AvgIpc) is 2.12. The quantitative estimate of drug-likeness (QED) is 0.764. The number of hydrogen-bond acceptors (Lipinski definition) is 1. The van der Waals surface area contributed by atoms with E-state index in [1.807, 2.05) is 0 Å². The molecule has 0 aliphatic rings. The Bertz CT molecular complexity index is 297. The molecule has 1 rings (SSSR count). The van der Waals surface area contributed by atoms with Crippen LogP contribution in [-0.4, -0.2) is 0 Å². The van der Waals surface area contributed by atoms with Gasteiger partial charge in [-0.2, -0.15) is 0 Å². The second-order valence-corrected chi connectivity index (χ2v) is 3.82. The number of hydrogen-bond donors (Lipinski definition) is 1. The van der Waals surface area contributed by atoms with Crippen molar-refractivity contribution in [3.05, 3.63) is 27.7 Å². The Kier molecular flexibility index (Phi) is 3.89. The Morgan fingerprint density at radius 2 is 2.00 bits per heavy atom. The second-order valence-electron chi connectivity index (χ2n) is 3.03. The molecular formula is C10H13Cl2N. The van der Waals surface area contributed by atoms with Gasteiger partial charge < -0.3 is 5.73 Å². The molecule has 0 radical (unpaired) electrons. The molecule has 0 aliphatic heterocycles. The van der Waals surface area contributed by atoms with Gasteiger partial charge in [-0.1, -0.05) is 36.5 Å². The normalized spacial score (nSPS) is 10.4. The molecular weight excluding hydrogens is 205 g/mol. The zero-order valence-corrected chi connectivity index (χ0v) is 9.12. The van der Waals surface area contributed by atoms with Crippen molar-refractivity contribution in [1.82, 2.24) is 0 Å². The first-order valence-corrected chi connectivity index (χ1v) is 5.14. The highest BCUT2D eigenvalue weighted by Crippen LogP contribution is 2.31. The van der Waals surface area contributed by atoms with Crippen molar-refractivity contribution < 1.29 is 0 Å². The Morgan fingerprint density at radius 1 is 1.31 bits per heavy atom. The Morgan fingerprint density at radius 3 is 2.62 bits per heavy atom. The molecule has 72 valence electrons. The average molecular weight is 218 g/mol. The molecule has 1 aromatic rings. The monoisotopic (exact) mass is 217 g/mol. The van der Waals surface area contributed by atoms with Gasteiger partial charge in [0.15, 0.2) is 0 Å². The standard InChI is InChI=1S/C10H13Cl2N/c1-2-3-4-7-9(13)6-5-8(11)10(7)12/h5-6H,2-4,13H2,1H3. The topological polar surface area (TPSA) is 26.0 Å². The van der Waals surface area contributed by atoms with Crippen LogP contribution < -0.4 is 5.73 Å². The summed E-state index contributed by atoms with van der Waals surface area (Å²) in [5.74, 6) is 0. The third-order valence-electron chi connectivity index (χ3n) is 2.01. The molecule has 0 amide bonds. The molecule has 0 saturated heterocycles.